The molecule has 94 valence electrons. The summed E-state index contributed by atoms with van der Waals surface area (Å²) in [5.74, 6) is 0.0222. The number of H-pyrrole nitrogens is 1. The van der Waals surface area contributed by atoms with E-state index in [-0.39, 0.29) is 17.4 Å². The third-order valence-electron chi connectivity index (χ3n) is 2.51. The zero-order chi connectivity index (χ0) is 13.1. The topological polar surface area (TPSA) is 49.0 Å². The lowest BCUT2D eigenvalue weighted by Gasteiger charge is -2.18. The van der Waals surface area contributed by atoms with E-state index in [2.05, 4.69) is 9.97 Å². The van der Waals surface area contributed by atoms with Gasteiger partial charge in [-0.2, -0.15) is 0 Å². The SMILES string of the molecule is CN(Cc1ccccc1F)c1nc[nH]c(=O)c1Cl. The van der Waals surface area contributed by atoms with E-state index < -0.39 is 5.56 Å². The number of anilines is 1. The van der Waals surface area contributed by atoms with Crippen LogP contribution in [0.25, 0.3) is 0 Å². The molecule has 2 rings (SSSR count). The van der Waals surface area contributed by atoms with Crippen LogP contribution in [0.5, 0.6) is 0 Å². The Labute approximate surface area is 108 Å². The molecule has 1 aromatic heterocycles. The van der Waals surface area contributed by atoms with E-state index in [0.29, 0.717) is 11.4 Å². The van der Waals surface area contributed by atoms with Crippen LogP contribution in [0.2, 0.25) is 5.02 Å². The predicted molar refractivity (Wildman–Crippen MR) is 68.4 cm³/mol. The fraction of sp³-hybridized carbons (Fsp3) is 0.167. The maximum atomic E-state index is 13.5. The van der Waals surface area contributed by atoms with Crippen LogP contribution in [0.15, 0.2) is 35.4 Å². The quantitative estimate of drug-likeness (QED) is 0.927. The molecule has 0 atom stereocenters. The molecule has 18 heavy (non-hydrogen) atoms. The number of rotatable bonds is 3. The van der Waals surface area contributed by atoms with Crippen molar-refractivity contribution in [3.05, 3.63) is 57.3 Å². The van der Waals surface area contributed by atoms with Gasteiger partial charge in [0, 0.05) is 19.2 Å². The van der Waals surface area contributed by atoms with Gasteiger partial charge in [0.25, 0.3) is 5.56 Å². The Morgan fingerprint density at radius 2 is 2.17 bits per heavy atom. The summed E-state index contributed by atoms with van der Waals surface area (Å²) < 4.78 is 13.5. The van der Waals surface area contributed by atoms with E-state index in [1.54, 1.807) is 30.1 Å². The molecule has 0 saturated carbocycles. The van der Waals surface area contributed by atoms with Crippen LogP contribution < -0.4 is 10.5 Å². The number of aromatic amines is 1. The summed E-state index contributed by atoms with van der Waals surface area (Å²) in [6.45, 7) is 0.281. The number of hydrogen-bond donors (Lipinski definition) is 1. The van der Waals surface area contributed by atoms with Gasteiger partial charge in [-0.05, 0) is 6.07 Å². The average Bonchev–Trinajstić information content (AvgIpc) is 2.35. The van der Waals surface area contributed by atoms with Gasteiger partial charge in [0.15, 0.2) is 5.82 Å². The van der Waals surface area contributed by atoms with Crippen molar-refractivity contribution in [1.29, 1.82) is 0 Å². The molecule has 0 aliphatic heterocycles. The Hall–Kier alpha value is -1.88. The van der Waals surface area contributed by atoms with E-state index in [0.717, 1.165) is 0 Å². The summed E-state index contributed by atoms with van der Waals surface area (Å²) >= 11 is 5.85. The van der Waals surface area contributed by atoms with E-state index >= 15 is 0 Å². The van der Waals surface area contributed by atoms with Crippen molar-refractivity contribution in [2.24, 2.45) is 0 Å². The maximum Gasteiger partial charge on any atom is 0.271 e. The molecule has 0 saturated heterocycles. The normalized spacial score (nSPS) is 10.4. The van der Waals surface area contributed by atoms with Gasteiger partial charge in [0.1, 0.15) is 10.8 Å². The molecule has 1 aromatic carbocycles. The number of aromatic nitrogens is 2. The van der Waals surface area contributed by atoms with Crippen molar-refractivity contribution in [1.82, 2.24) is 9.97 Å². The molecule has 1 heterocycles. The van der Waals surface area contributed by atoms with Gasteiger partial charge in [-0.15, -0.1) is 0 Å². The molecule has 0 fully saturated rings. The molecule has 0 unspecified atom stereocenters. The summed E-state index contributed by atoms with van der Waals surface area (Å²) in [7, 11) is 1.69. The van der Waals surface area contributed by atoms with Crippen LogP contribution >= 0.6 is 11.6 Å². The Bertz CT molecular complexity index is 614. The summed E-state index contributed by atoms with van der Waals surface area (Å²) in [6, 6.07) is 6.43. The van der Waals surface area contributed by atoms with Crippen LogP contribution in [0.1, 0.15) is 5.56 Å². The van der Waals surface area contributed by atoms with E-state index in [1.165, 1.54) is 12.4 Å². The second-order valence-corrected chi connectivity index (χ2v) is 4.19. The third kappa shape index (κ3) is 2.51. The van der Waals surface area contributed by atoms with Crippen molar-refractivity contribution in [3.63, 3.8) is 0 Å². The lowest BCUT2D eigenvalue weighted by atomic mass is 10.2. The number of nitrogens with zero attached hydrogens (tertiary/aromatic N) is 2. The largest absolute Gasteiger partial charge is 0.354 e. The lowest BCUT2D eigenvalue weighted by molar-refractivity contribution is 0.607. The maximum absolute atomic E-state index is 13.5. The van der Waals surface area contributed by atoms with E-state index in [4.69, 9.17) is 11.6 Å². The minimum absolute atomic E-state index is 0.00339. The summed E-state index contributed by atoms with van der Waals surface area (Å²) in [5.41, 5.74) is 0.0974. The minimum atomic E-state index is -0.415. The van der Waals surface area contributed by atoms with Gasteiger partial charge in [-0.3, -0.25) is 4.79 Å². The molecular weight excluding hydrogens is 257 g/mol. The van der Waals surface area contributed by atoms with Crippen molar-refractivity contribution < 1.29 is 4.39 Å². The van der Waals surface area contributed by atoms with Gasteiger partial charge >= 0.3 is 0 Å². The second kappa shape index (κ2) is 5.18. The molecule has 0 aliphatic carbocycles. The van der Waals surface area contributed by atoms with Gasteiger partial charge < -0.3 is 9.88 Å². The zero-order valence-electron chi connectivity index (χ0n) is 9.65. The number of nitrogens with one attached hydrogen (secondary N) is 1. The molecule has 0 aliphatic rings. The second-order valence-electron chi connectivity index (χ2n) is 3.82. The molecule has 0 bridgehead atoms. The fourth-order valence-corrected chi connectivity index (χ4v) is 1.84. The van der Waals surface area contributed by atoms with Gasteiger partial charge in [0.2, 0.25) is 0 Å². The van der Waals surface area contributed by atoms with Crippen molar-refractivity contribution in [2.75, 3.05) is 11.9 Å². The van der Waals surface area contributed by atoms with Crippen LogP contribution in [0.3, 0.4) is 0 Å². The average molecular weight is 268 g/mol. The van der Waals surface area contributed by atoms with Gasteiger partial charge in [0.05, 0.1) is 6.33 Å². The predicted octanol–water partition coefficient (Wildman–Crippen LogP) is 2.20. The van der Waals surface area contributed by atoms with Gasteiger partial charge in [-0.25, -0.2) is 9.37 Å². The Morgan fingerprint density at radius 3 is 2.89 bits per heavy atom. The molecule has 6 heteroatoms. The highest BCUT2D eigenvalue weighted by Gasteiger charge is 2.12. The first-order chi connectivity index (χ1) is 8.59. The first-order valence-electron chi connectivity index (χ1n) is 5.27. The Morgan fingerprint density at radius 1 is 1.44 bits per heavy atom. The zero-order valence-corrected chi connectivity index (χ0v) is 10.4. The standard InChI is InChI=1S/C12H11ClFN3O/c1-17(6-8-4-2-3-5-9(8)14)11-10(13)12(18)16-7-15-11/h2-5,7H,6H2,1H3,(H,15,16,18). The molecule has 1 N–H and O–H groups in total. The highest BCUT2D eigenvalue weighted by atomic mass is 35.5. The summed E-state index contributed by atoms with van der Waals surface area (Å²) in [6.07, 6.45) is 1.27. The Kier molecular flexibility index (Phi) is 3.62. The minimum Gasteiger partial charge on any atom is -0.354 e. The molecule has 2 aromatic rings. The van der Waals surface area contributed by atoms with Crippen LogP contribution in [-0.2, 0) is 6.54 Å². The van der Waals surface area contributed by atoms with E-state index in [9.17, 15) is 9.18 Å². The highest BCUT2D eigenvalue weighted by molar-refractivity contribution is 6.32. The monoisotopic (exact) mass is 267 g/mol. The first-order valence-corrected chi connectivity index (χ1v) is 5.65. The van der Waals surface area contributed by atoms with Gasteiger partial charge in [-0.1, -0.05) is 29.8 Å². The highest BCUT2D eigenvalue weighted by Crippen LogP contribution is 2.19. The molecule has 4 nitrogen and oxygen atoms in total. The van der Waals surface area contributed by atoms with Crippen molar-refractivity contribution >= 4 is 17.4 Å². The smallest absolute Gasteiger partial charge is 0.271 e. The molecule has 0 spiro atoms. The lowest BCUT2D eigenvalue weighted by Crippen LogP contribution is -2.22. The fourth-order valence-electron chi connectivity index (χ4n) is 1.60. The van der Waals surface area contributed by atoms with Crippen LogP contribution in [-0.4, -0.2) is 17.0 Å². The van der Waals surface area contributed by atoms with E-state index in [1.807, 2.05) is 0 Å². The number of halogens is 2. The molecule has 0 amide bonds. The van der Waals surface area contributed by atoms with Crippen LogP contribution in [0, 0.1) is 5.82 Å². The first kappa shape index (κ1) is 12.6. The molecular formula is C12H11ClFN3O. The number of benzene rings is 1. The summed E-state index contributed by atoms with van der Waals surface area (Å²) in [4.78, 5) is 19.3. The van der Waals surface area contributed by atoms with Crippen molar-refractivity contribution in [3.8, 4) is 0 Å². The Balaban J connectivity index is 2.28. The third-order valence-corrected chi connectivity index (χ3v) is 2.85. The molecule has 0 radical (unpaired) electrons. The summed E-state index contributed by atoms with van der Waals surface area (Å²) in [5, 5.41) is -0.00339. The number of hydrogen-bond acceptors (Lipinski definition) is 3. The van der Waals surface area contributed by atoms with Crippen LogP contribution in [0.4, 0.5) is 10.2 Å². The van der Waals surface area contributed by atoms with Crippen molar-refractivity contribution in [2.45, 2.75) is 6.54 Å².